The van der Waals surface area contributed by atoms with E-state index in [0.717, 1.165) is 17.4 Å². The molecular formula is C12H16N4O2S. The van der Waals surface area contributed by atoms with Crippen LogP contribution in [0.25, 0.3) is 0 Å². The average molecular weight is 280 g/mol. The van der Waals surface area contributed by atoms with Gasteiger partial charge in [-0.05, 0) is 19.1 Å². The Morgan fingerprint density at radius 3 is 3.05 bits per heavy atom. The van der Waals surface area contributed by atoms with Crippen molar-refractivity contribution in [1.82, 2.24) is 19.0 Å². The minimum Gasteiger partial charge on any atom is -0.473 e. The van der Waals surface area contributed by atoms with E-state index in [9.17, 15) is 5.11 Å². The van der Waals surface area contributed by atoms with Gasteiger partial charge in [0.2, 0.25) is 5.88 Å². The van der Waals surface area contributed by atoms with Gasteiger partial charge in [-0.3, -0.25) is 4.98 Å². The number of rotatable bonds is 7. The van der Waals surface area contributed by atoms with Gasteiger partial charge in [0.25, 0.3) is 0 Å². The fourth-order valence-corrected chi connectivity index (χ4v) is 1.87. The van der Waals surface area contributed by atoms with E-state index >= 15 is 0 Å². The lowest BCUT2D eigenvalue weighted by Crippen LogP contribution is -2.33. The summed E-state index contributed by atoms with van der Waals surface area (Å²) in [6.45, 7) is 2.61. The summed E-state index contributed by atoms with van der Waals surface area (Å²) in [5.74, 6) is 0.446. The third-order valence-corrected chi connectivity index (χ3v) is 3.02. The molecule has 0 radical (unpaired) electrons. The van der Waals surface area contributed by atoms with Gasteiger partial charge in [-0.1, -0.05) is 6.07 Å². The molecule has 2 atom stereocenters. The smallest absolute Gasteiger partial charge is 0.245 e. The van der Waals surface area contributed by atoms with Crippen molar-refractivity contribution in [3.8, 4) is 5.88 Å². The third-order valence-electron chi connectivity index (χ3n) is 2.56. The first kappa shape index (κ1) is 13.9. The summed E-state index contributed by atoms with van der Waals surface area (Å²) in [6.07, 6.45) is 2.68. The molecule has 0 saturated heterocycles. The Bertz CT molecular complexity index is 466. The minimum absolute atomic E-state index is 0.0804. The Kier molecular flexibility index (Phi) is 5.20. The molecule has 0 bridgehead atoms. The number of nitrogens with one attached hydrogen (secondary N) is 1. The lowest BCUT2D eigenvalue weighted by molar-refractivity contribution is 0.102. The van der Waals surface area contributed by atoms with Crippen molar-refractivity contribution in [3.63, 3.8) is 0 Å². The summed E-state index contributed by atoms with van der Waals surface area (Å²) < 4.78 is 13.0. The van der Waals surface area contributed by atoms with Gasteiger partial charge in [-0.15, -0.1) is 4.37 Å². The van der Waals surface area contributed by atoms with Crippen LogP contribution in [0.5, 0.6) is 5.88 Å². The second kappa shape index (κ2) is 7.13. The van der Waals surface area contributed by atoms with Crippen LogP contribution >= 0.6 is 11.7 Å². The van der Waals surface area contributed by atoms with Gasteiger partial charge in [0, 0.05) is 18.8 Å². The van der Waals surface area contributed by atoms with Gasteiger partial charge in [0.15, 0.2) is 0 Å². The molecule has 0 aliphatic heterocycles. The van der Waals surface area contributed by atoms with Gasteiger partial charge in [0.05, 0.1) is 17.4 Å². The highest BCUT2D eigenvalue weighted by atomic mass is 32.1. The van der Waals surface area contributed by atoms with Crippen LogP contribution in [0.2, 0.25) is 0 Å². The Morgan fingerprint density at radius 1 is 1.47 bits per heavy atom. The molecule has 0 aliphatic rings. The minimum atomic E-state index is -0.604. The van der Waals surface area contributed by atoms with Gasteiger partial charge in [0.1, 0.15) is 18.9 Å². The topological polar surface area (TPSA) is 80.2 Å². The van der Waals surface area contributed by atoms with E-state index in [1.165, 1.54) is 6.20 Å². The second-order valence-electron chi connectivity index (χ2n) is 4.10. The average Bonchev–Trinajstić information content (AvgIpc) is 2.96. The van der Waals surface area contributed by atoms with E-state index in [4.69, 9.17) is 4.74 Å². The quantitative estimate of drug-likeness (QED) is 0.788. The van der Waals surface area contributed by atoms with Gasteiger partial charge < -0.3 is 15.2 Å². The maximum atomic E-state index is 9.79. The number of nitrogens with zero attached hydrogens (tertiary/aromatic N) is 3. The molecule has 2 aromatic rings. The van der Waals surface area contributed by atoms with Crippen LogP contribution in [0.15, 0.2) is 30.6 Å². The molecule has 6 nitrogen and oxygen atoms in total. The van der Waals surface area contributed by atoms with E-state index in [-0.39, 0.29) is 12.6 Å². The summed E-state index contributed by atoms with van der Waals surface area (Å²) in [5.41, 5.74) is 0.944. The largest absolute Gasteiger partial charge is 0.473 e. The predicted molar refractivity (Wildman–Crippen MR) is 72.1 cm³/mol. The lowest BCUT2D eigenvalue weighted by Gasteiger charge is -2.16. The van der Waals surface area contributed by atoms with Gasteiger partial charge >= 0.3 is 0 Å². The van der Waals surface area contributed by atoms with Crippen molar-refractivity contribution < 1.29 is 9.84 Å². The van der Waals surface area contributed by atoms with Crippen molar-refractivity contribution >= 4 is 11.7 Å². The Balaban J connectivity index is 1.70. The molecule has 0 amide bonds. The monoisotopic (exact) mass is 280 g/mol. The molecule has 0 aromatic carbocycles. The molecule has 19 heavy (non-hydrogen) atoms. The number of hydrogen-bond donors (Lipinski definition) is 2. The van der Waals surface area contributed by atoms with Crippen LogP contribution in [-0.2, 0) is 0 Å². The highest BCUT2D eigenvalue weighted by Crippen LogP contribution is 2.08. The van der Waals surface area contributed by atoms with Crippen molar-refractivity contribution in [2.75, 3.05) is 13.2 Å². The first-order valence-electron chi connectivity index (χ1n) is 5.98. The fourth-order valence-electron chi connectivity index (χ4n) is 1.51. The second-order valence-corrected chi connectivity index (χ2v) is 4.65. The molecule has 2 heterocycles. The molecule has 0 fully saturated rings. The molecule has 2 unspecified atom stereocenters. The van der Waals surface area contributed by atoms with E-state index < -0.39 is 6.10 Å². The zero-order valence-corrected chi connectivity index (χ0v) is 11.4. The normalized spacial score (nSPS) is 14.0. The summed E-state index contributed by atoms with van der Waals surface area (Å²) in [4.78, 5) is 4.25. The van der Waals surface area contributed by atoms with Crippen LogP contribution in [0.1, 0.15) is 18.7 Å². The number of ether oxygens (including phenoxy) is 1. The predicted octanol–water partition coefficient (Wildman–Crippen LogP) is 1.02. The van der Waals surface area contributed by atoms with Gasteiger partial charge in [-0.2, -0.15) is 4.37 Å². The van der Waals surface area contributed by atoms with E-state index in [1.54, 1.807) is 6.20 Å². The summed E-state index contributed by atoms with van der Waals surface area (Å²) in [5, 5.41) is 13.0. The van der Waals surface area contributed by atoms with Crippen molar-refractivity contribution in [2.24, 2.45) is 0 Å². The number of aliphatic hydroxyl groups is 1. The van der Waals surface area contributed by atoms with Gasteiger partial charge in [-0.25, -0.2) is 0 Å². The fraction of sp³-hybridized carbons (Fsp3) is 0.417. The molecule has 102 valence electrons. The number of aromatic nitrogens is 3. The Hall–Kier alpha value is -1.57. The van der Waals surface area contributed by atoms with Crippen molar-refractivity contribution in [2.45, 2.75) is 19.1 Å². The van der Waals surface area contributed by atoms with E-state index in [1.807, 2.05) is 25.1 Å². The molecule has 0 saturated carbocycles. The van der Waals surface area contributed by atoms with Crippen LogP contribution in [-0.4, -0.2) is 38.1 Å². The third kappa shape index (κ3) is 4.55. The molecule has 7 heteroatoms. The molecule has 2 aromatic heterocycles. The molecule has 0 spiro atoms. The van der Waals surface area contributed by atoms with Crippen LogP contribution in [0.4, 0.5) is 0 Å². The zero-order chi connectivity index (χ0) is 13.5. The Morgan fingerprint density at radius 2 is 2.37 bits per heavy atom. The highest BCUT2D eigenvalue weighted by molar-refractivity contribution is 6.99. The molecule has 2 N–H and O–H groups in total. The molecular weight excluding hydrogens is 264 g/mol. The van der Waals surface area contributed by atoms with E-state index in [2.05, 4.69) is 19.0 Å². The first-order valence-corrected chi connectivity index (χ1v) is 6.71. The maximum Gasteiger partial charge on any atom is 0.245 e. The van der Waals surface area contributed by atoms with Crippen molar-refractivity contribution in [1.29, 1.82) is 0 Å². The van der Waals surface area contributed by atoms with Crippen LogP contribution in [0, 0.1) is 0 Å². The molecule has 0 aliphatic carbocycles. The number of aliphatic hydroxyl groups excluding tert-OH is 1. The summed E-state index contributed by atoms with van der Waals surface area (Å²) in [6, 6.07) is 5.84. The van der Waals surface area contributed by atoms with E-state index in [0.29, 0.717) is 12.4 Å². The number of hydrogen-bond acceptors (Lipinski definition) is 7. The first-order chi connectivity index (χ1) is 9.25. The lowest BCUT2D eigenvalue weighted by atomic mass is 10.2. The SMILES string of the molecule is CC(NCC(O)COc1cnsn1)c1ccccn1. The standard InChI is InChI=1S/C12H16N4O2S/c1-9(11-4-2-3-5-13-11)14-6-10(17)8-18-12-7-15-19-16-12/h2-5,7,9-10,14,17H,6,8H2,1H3. The van der Waals surface area contributed by atoms with Crippen LogP contribution in [0.3, 0.4) is 0 Å². The van der Waals surface area contributed by atoms with Crippen LogP contribution < -0.4 is 10.1 Å². The van der Waals surface area contributed by atoms with Crippen molar-refractivity contribution in [3.05, 3.63) is 36.3 Å². The summed E-state index contributed by atoms with van der Waals surface area (Å²) in [7, 11) is 0. The Labute approximate surface area is 115 Å². The molecule has 2 rings (SSSR count). The number of pyridine rings is 1. The highest BCUT2D eigenvalue weighted by Gasteiger charge is 2.10. The summed E-state index contributed by atoms with van der Waals surface area (Å²) >= 11 is 1.08. The zero-order valence-electron chi connectivity index (χ0n) is 10.6. The maximum absolute atomic E-state index is 9.79.